The largest absolute Gasteiger partial charge is 0.497 e. The Hall–Kier alpha value is -3.13. The molecule has 2 aromatic heterocycles. The van der Waals surface area contributed by atoms with Crippen molar-refractivity contribution in [1.82, 2.24) is 24.9 Å². The molecule has 0 radical (unpaired) electrons. The fourth-order valence-electron chi connectivity index (χ4n) is 2.82. The van der Waals surface area contributed by atoms with Gasteiger partial charge in [-0.25, -0.2) is 0 Å². The van der Waals surface area contributed by atoms with Crippen LogP contribution in [0.5, 0.6) is 5.75 Å². The number of benzene rings is 2. The zero-order valence-corrected chi connectivity index (χ0v) is 16.6. The molecule has 2 heterocycles. The second-order valence-electron chi connectivity index (χ2n) is 6.18. The summed E-state index contributed by atoms with van der Waals surface area (Å²) < 4.78 is 12.6. The van der Waals surface area contributed by atoms with Gasteiger partial charge in [-0.1, -0.05) is 35.1 Å². The van der Waals surface area contributed by atoms with Gasteiger partial charge in [-0.05, 0) is 49.7 Å². The molecule has 0 saturated carbocycles. The maximum Gasteiger partial charge on any atom is 0.257 e. The molecule has 7 nitrogen and oxygen atoms in total. The van der Waals surface area contributed by atoms with Crippen LogP contribution < -0.4 is 4.74 Å². The molecule has 0 amide bonds. The van der Waals surface area contributed by atoms with E-state index in [-0.39, 0.29) is 0 Å². The van der Waals surface area contributed by atoms with Crippen LogP contribution in [0.2, 0.25) is 0 Å². The van der Waals surface area contributed by atoms with Gasteiger partial charge in [0.25, 0.3) is 5.89 Å². The minimum atomic E-state index is 0.481. The number of hydrogen-bond acceptors (Lipinski definition) is 7. The van der Waals surface area contributed by atoms with E-state index >= 15 is 0 Å². The van der Waals surface area contributed by atoms with Crippen molar-refractivity contribution in [2.24, 2.45) is 0 Å². The number of aromatic nitrogens is 5. The van der Waals surface area contributed by atoms with Crippen molar-refractivity contribution in [3.8, 4) is 22.9 Å². The van der Waals surface area contributed by atoms with Gasteiger partial charge in [0.15, 0.2) is 11.0 Å². The number of nitrogens with zero attached hydrogens (tertiary/aromatic N) is 5. The number of hydrogen-bond donors (Lipinski definition) is 0. The Morgan fingerprint density at radius 3 is 2.57 bits per heavy atom. The fourth-order valence-corrected chi connectivity index (χ4v) is 3.65. The maximum absolute atomic E-state index is 5.39. The molecule has 4 rings (SSSR count). The van der Waals surface area contributed by atoms with Gasteiger partial charge in [-0.3, -0.25) is 4.57 Å². The summed E-state index contributed by atoms with van der Waals surface area (Å²) >= 11 is 1.52. The van der Waals surface area contributed by atoms with Crippen LogP contribution in [0.3, 0.4) is 0 Å². The lowest BCUT2D eigenvalue weighted by molar-refractivity contribution is 0.414. The zero-order chi connectivity index (χ0) is 19.5. The van der Waals surface area contributed by atoms with E-state index < -0.39 is 0 Å². The minimum absolute atomic E-state index is 0.481. The van der Waals surface area contributed by atoms with Gasteiger partial charge < -0.3 is 9.26 Å². The Morgan fingerprint density at radius 1 is 1.04 bits per heavy atom. The third-order valence-corrected chi connectivity index (χ3v) is 5.21. The number of ether oxygens (including phenoxy) is 1. The van der Waals surface area contributed by atoms with Crippen molar-refractivity contribution in [3.63, 3.8) is 0 Å². The highest BCUT2D eigenvalue weighted by molar-refractivity contribution is 7.98. The highest BCUT2D eigenvalue weighted by Gasteiger charge is 2.15. The molecule has 0 aliphatic rings. The van der Waals surface area contributed by atoms with Crippen LogP contribution in [0, 0.1) is 13.8 Å². The van der Waals surface area contributed by atoms with E-state index in [0.717, 1.165) is 33.5 Å². The SMILES string of the molecule is COc1ccc(-c2nc(CSc3nnc(C)n3-c3ccccc3C)no2)cc1. The second-order valence-corrected chi connectivity index (χ2v) is 7.13. The van der Waals surface area contributed by atoms with E-state index in [9.17, 15) is 0 Å². The van der Waals surface area contributed by atoms with Gasteiger partial charge in [0.05, 0.1) is 18.6 Å². The number of para-hydroxylation sites is 1. The molecule has 0 atom stereocenters. The van der Waals surface area contributed by atoms with Crippen LogP contribution in [0.1, 0.15) is 17.2 Å². The van der Waals surface area contributed by atoms with Gasteiger partial charge in [0.1, 0.15) is 11.6 Å². The lowest BCUT2D eigenvalue weighted by atomic mass is 10.2. The smallest absolute Gasteiger partial charge is 0.257 e. The molecule has 0 spiro atoms. The van der Waals surface area contributed by atoms with Crippen LogP contribution in [0.25, 0.3) is 17.1 Å². The summed E-state index contributed by atoms with van der Waals surface area (Å²) in [6.45, 7) is 4.02. The molecule has 0 aliphatic heterocycles. The van der Waals surface area contributed by atoms with Crippen molar-refractivity contribution in [3.05, 3.63) is 65.7 Å². The van der Waals surface area contributed by atoms with Crippen molar-refractivity contribution in [2.45, 2.75) is 24.8 Å². The van der Waals surface area contributed by atoms with E-state index in [2.05, 4.69) is 39.4 Å². The monoisotopic (exact) mass is 393 g/mol. The van der Waals surface area contributed by atoms with Gasteiger partial charge in [-0.2, -0.15) is 4.98 Å². The summed E-state index contributed by atoms with van der Waals surface area (Å²) in [5, 5.41) is 13.4. The summed E-state index contributed by atoms with van der Waals surface area (Å²) in [4.78, 5) is 4.48. The lowest BCUT2D eigenvalue weighted by Crippen LogP contribution is -2.01. The molecule has 142 valence electrons. The summed E-state index contributed by atoms with van der Waals surface area (Å²) in [6.07, 6.45) is 0. The van der Waals surface area contributed by atoms with Crippen molar-refractivity contribution >= 4 is 11.8 Å². The molecular weight excluding hydrogens is 374 g/mol. The van der Waals surface area contributed by atoms with Crippen LogP contribution in [0.4, 0.5) is 0 Å². The summed E-state index contributed by atoms with van der Waals surface area (Å²) in [6, 6.07) is 15.7. The molecular formula is C20H19N5O2S. The quantitative estimate of drug-likeness (QED) is 0.453. The highest BCUT2D eigenvalue weighted by atomic mass is 32.2. The first-order valence-electron chi connectivity index (χ1n) is 8.73. The van der Waals surface area contributed by atoms with E-state index in [1.54, 1.807) is 7.11 Å². The summed E-state index contributed by atoms with van der Waals surface area (Å²) in [7, 11) is 1.63. The first kappa shape index (κ1) is 18.2. The first-order valence-corrected chi connectivity index (χ1v) is 9.72. The molecule has 2 aromatic carbocycles. The number of methoxy groups -OCH3 is 1. The average molecular weight is 393 g/mol. The van der Waals surface area contributed by atoms with Gasteiger partial charge in [-0.15, -0.1) is 10.2 Å². The number of aryl methyl sites for hydroxylation is 2. The zero-order valence-electron chi connectivity index (χ0n) is 15.8. The Bertz CT molecular complexity index is 1090. The molecule has 0 unspecified atom stereocenters. The van der Waals surface area contributed by atoms with Crippen molar-refractivity contribution < 1.29 is 9.26 Å². The Balaban J connectivity index is 1.52. The van der Waals surface area contributed by atoms with Gasteiger partial charge in [0, 0.05) is 5.56 Å². The van der Waals surface area contributed by atoms with Crippen LogP contribution in [0.15, 0.2) is 58.2 Å². The van der Waals surface area contributed by atoms with Crippen molar-refractivity contribution in [1.29, 1.82) is 0 Å². The second kappa shape index (κ2) is 7.85. The predicted octanol–water partition coefficient (Wildman–Crippen LogP) is 4.24. The predicted molar refractivity (Wildman–Crippen MR) is 107 cm³/mol. The lowest BCUT2D eigenvalue weighted by Gasteiger charge is -2.10. The normalized spacial score (nSPS) is 11.0. The molecule has 4 aromatic rings. The van der Waals surface area contributed by atoms with Crippen LogP contribution in [-0.2, 0) is 5.75 Å². The summed E-state index contributed by atoms with van der Waals surface area (Å²) in [5.74, 6) is 3.24. The van der Waals surface area contributed by atoms with Crippen molar-refractivity contribution in [2.75, 3.05) is 7.11 Å². The van der Waals surface area contributed by atoms with Gasteiger partial charge >= 0.3 is 0 Å². The standard InChI is InChI=1S/C20H19N5O2S/c1-13-6-4-5-7-17(13)25-14(2)22-23-20(25)28-12-18-21-19(27-24-18)15-8-10-16(26-3)11-9-15/h4-11H,12H2,1-3H3. The van der Waals surface area contributed by atoms with Crippen LogP contribution in [-0.4, -0.2) is 32.0 Å². The van der Waals surface area contributed by atoms with E-state index in [4.69, 9.17) is 9.26 Å². The Morgan fingerprint density at radius 2 is 1.82 bits per heavy atom. The number of rotatable bonds is 6. The number of thioether (sulfide) groups is 1. The van der Waals surface area contributed by atoms with E-state index in [0.29, 0.717) is 17.5 Å². The van der Waals surface area contributed by atoms with E-state index in [1.165, 1.54) is 11.8 Å². The van der Waals surface area contributed by atoms with Gasteiger partial charge in [0.2, 0.25) is 0 Å². The molecule has 0 N–H and O–H groups in total. The van der Waals surface area contributed by atoms with E-state index in [1.807, 2.05) is 47.9 Å². The minimum Gasteiger partial charge on any atom is -0.497 e. The molecule has 28 heavy (non-hydrogen) atoms. The third kappa shape index (κ3) is 3.63. The molecule has 0 fully saturated rings. The third-order valence-electron chi connectivity index (χ3n) is 4.29. The fraction of sp³-hybridized carbons (Fsp3) is 0.200. The Kier molecular flexibility index (Phi) is 5.12. The molecule has 8 heteroatoms. The average Bonchev–Trinajstić information content (AvgIpc) is 3.34. The highest BCUT2D eigenvalue weighted by Crippen LogP contribution is 2.27. The summed E-state index contributed by atoms with van der Waals surface area (Å²) in [5.41, 5.74) is 3.08. The Labute approximate surface area is 166 Å². The van der Waals surface area contributed by atoms with Crippen LogP contribution >= 0.6 is 11.8 Å². The topological polar surface area (TPSA) is 78.9 Å². The molecule has 0 bridgehead atoms. The first-order chi connectivity index (χ1) is 13.7. The maximum atomic E-state index is 5.39. The molecule has 0 aliphatic carbocycles. The molecule has 0 saturated heterocycles.